The molecular formula is C18H14F4N2S. The Balaban J connectivity index is 2.01. The molecule has 0 unspecified atom stereocenters. The minimum atomic E-state index is -4.59. The summed E-state index contributed by atoms with van der Waals surface area (Å²) in [6.07, 6.45) is -4.59. The first-order chi connectivity index (χ1) is 11.7. The predicted molar refractivity (Wildman–Crippen MR) is 91.7 cm³/mol. The highest BCUT2D eigenvalue weighted by Crippen LogP contribution is 2.42. The summed E-state index contributed by atoms with van der Waals surface area (Å²) in [7, 11) is 0. The molecule has 0 amide bonds. The fourth-order valence-electron chi connectivity index (χ4n) is 2.31. The Hall–Kier alpha value is -2.41. The van der Waals surface area contributed by atoms with Gasteiger partial charge in [-0.2, -0.15) is 13.2 Å². The standard InChI is InChI=1S/C18H14F4N2S/c1-10-3-8-14(9-11(10)2)23-17-24-16(18(20,21)22)15(25-17)12-4-6-13(19)7-5-12/h3-9H,1-2H3,(H,23,24). The third-order valence-corrected chi connectivity index (χ3v) is 4.78. The molecule has 0 bridgehead atoms. The summed E-state index contributed by atoms with van der Waals surface area (Å²) in [5, 5.41) is 3.05. The smallest absolute Gasteiger partial charge is 0.332 e. The first-order valence-corrected chi connectivity index (χ1v) is 8.24. The number of alkyl halides is 3. The SMILES string of the molecule is Cc1ccc(Nc2nc(C(F)(F)F)c(-c3ccc(F)cc3)s2)cc1C. The van der Waals surface area contributed by atoms with E-state index in [9.17, 15) is 17.6 Å². The van der Waals surface area contributed by atoms with Crippen LogP contribution in [0.5, 0.6) is 0 Å². The van der Waals surface area contributed by atoms with E-state index in [2.05, 4.69) is 10.3 Å². The molecule has 2 aromatic carbocycles. The van der Waals surface area contributed by atoms with Crippen LogP contribution < -0.4 is 5.32 Å². The molecular weight excluding hydrogens is 352 g/mol. The number of rotatable bonds is 3. The Morgan fingerprint density at radius 3 is 2.24 bits per heavy atom. The fourth-order valence-corrected chi connectivity index (χ4v) is 3.32. The Morgan fingerprint density at radius 2 is 1.64 bits per heavy atom. The van der Waals surface area contributed by atoms with Crippen LogP contribution in [0.3, 0.4) is 0 Å². The zero-order chi connectivity index (χ0) is 18.2. The number of aromatic nitrogens is 1. The molecule has 1 heterocycles. The van der Waals surface area contributed by atoms with Crippen LogP contribution in [0.15, 0.2) is 42.5 Å². The third kappa shape index (κ3) is 3.82. The quantitative estimate of drug-likeness (QED) is 0.548. The number of nitrogens with one attached hydrogen (secondary N) is 1. The lowest BCUT2D eigenvalue weighted by atomic mass is 10.1. The minimum absolute atomic E-state index is 0.0427. The lowest BCUT2D eigenvalue weighted by Gasteiger charge is -2.06. The summed E-state index contributed by atoms with van der Waals surface area (Å²) < 4.78 is 53.0. The summed E-state index contributed by atoms with van der Waals surface area (Å²) in [6.45, 7) is 3.88. The topological polar surface area (TPSA) is 24.9 Å². The van der Waals surface area contributed by atoms with E-state index in [1.165, 1.54) is 12.1 Å². The molecule has 0 aliphatic rings. The van der Waals surface area contributed by atoms with Crippen LogP contribution in [0, 0.1) is 19.7 Å². The molecule has 7 heteroatoms. The van der Waals surface area contributed by atoms with E-state index < -0.39 is 17.7 Å². The zero-order valence-electron chi connectivity index (χ0n) is 13.4. The van der Waals surface area contributed by atoms with Crippen molar-refractivity contribution in [2.24, 2.45) is 0 Å². The van der Waals surface area contributed by atoms with Gasteiger partial charge in [-0.25, -0.2) is 9.37 Å². The van der Waals surface area contributed by atoms with Crippen molar-refractivity contribution in [3.63, 3.8) is 0 Å². The maximum atomic E-state index is 13.3. The van der Waals surface area contributed by atoms with Crippen molar-refractivity contribution >= 4 is 22.2 Å². The van der Waals surface area contributed by atoms with E-state index in [0.29, 0.717) is 5.69 Å². The molecule has 130 valence electrons. The van der Waals surface area contributed by atoms with Crippen molar-refractivity contribution in [1.82, 2.24) is 4.98 Å². The maximum absolute atomic E-state index is 13.3. The van der Waals surface area contributed by atoms with Gasteiger partial charge in [0.05, 0.1) is 4.88 Å². The highest BCUT2D eigenvalue weighted by atomic mass is 32.1. The molecule has 2 nitrogen and oxygen atoms in total. The zero-order valence-corrected chi connectivity index (χ0v) is 14.2. The Kier molecular flexibility index (Phi) is 4.51. The third-order valence-electron chi connectivity index (χ3n) is 3.76. The number of hydrogen-bond donors (Lipinski definition) is 1. The Bertz CT molecular complexity index is 898. The van der Waals surface area contributed by atoms with Crippen molar-refractivity contribution in [3.05, 3.63) is 65.1 Å². The second kappa shape index (κ2) is 6.48. The van der Waals surface area contributed by atoms with Crippen LogP contribution in [0.25, 0.3) is 10.4 Å². The van der Waals surface area contributed by atoms with Gasteiger partial charge in [0.2, 0.25) is 0 Å². The van der Waals surface area contributed by atoms with Gasteiger partial charge in [0, 0.05) is 5.69 Å². The summed E-state index contributed by atoms with van der Waals surface area (Å²) in [5.74, 6) is -0.504. The average molecular weight is 366 g/mol. The van der Waals surface area contributed by atoms with Gasteiger partial charge >= 0.3 is 6.18 Å². The Morgan fingerprint density at radius 1 is 0.960 bits per heavy atom. The van der Waals surface area contributed by atoms with Gasteiger partial charge in [0.1, 0.15) is 5.82 Å². The van der Waals surface area contributed by atoms with Crippen molar-refractivity contribution < 1.29 is 17.6 Å². The lowest BCUT2D eigenvalue weighted by Crippen LogP contribution is -2.07. The van der Waals surface area contributed by atoms with Crippen LogP contribution in [0.1, 0.15) is 16.8 Å². The van der Waals surface area contributed by atoms with Crippen LogP contribution in [-0.2, 0) is 6.18 Å². The normalized spacial score (nSPS) is 11.6. The molecule has 0 saturated heterocycles. The van der Waals surface area contributed by atoms with Crippen molar-refractivity contribution in [2.75, 3.05) is 5.32 Å². The second-order valence-corrected chi connectivity index (χ2v) is 6.62. The summed E-state index contributed by atoms with van der Waals surface area (Å²) in [6, 6.07) is 10.4. The molecule has 0 fully saturated rings. The maximum Gasteiger partial charge on any atom is 0.434 e. The summed E-state index contributed by atoms with van der Waals surface area (Å²) in [5.41, 5.74) is 2.08. The molecule has 0 aliphatic carbocycles. The van der Waals surface area contributed by atoms with Crippen LogP contribution >= 0.6 is 11.3 Å². The minimum Gasteiger partial charge on any atom is -0.332 e. The predicted octanol–water partition coefficient (Wildman–Crippen LogP) is 6.33. The van der Waals surface area contributed by atoms with E-state index >= 15 is 0 Å². The van der Waals surface area contributed by atoms with E-state index in [1.807, 2.05) is 26.0 Å². The molecule has 0 spiro atoms. The molecule has 0 aliphatic heterocycles. The second-order valence-electron chi connectivity index (χ2n) is 5.63. The largest absolute Gasteiger partial charge is 0.434 e. The van der Waals surface area contributed by atoms with Crippen molar-refractivity contribution in [1.29, 1.82) is 0 Å². The molecule has 0 atom stereocenters. The highest BCUT2D eigenvalue weighted by molar-refractivity contribution is 7.19. The van der Waals surface area contributed by atoms with Gasteiger partial charge in [0.25, 0.3) is 0 Å². The molecule has 1 N–H and O–H groups in total. The van der Waals surface area contributed by atoms with Crippen LogP contribution in [0.2, 0.25) is 0 Å². The van der Waals surface area contributed by atoms with Gasteiger partial charge in [-0.05, 0) is 54.8 Å². The number of thiazole rings is 1. The number of anilines is 2. The van der Waals surface area contributed by atoms with E-state index in [-0.39, 0.29) is 15.6 Å². The van der Waals surface area contributed by atoms with Gasteiger partial charge < -0.3 is 5.32 Å². The number of halogens is 4. The fraction of sp³-hybridized carbons (Fsp3) is 0.167. The lowest BCUT2D eigenvalue weighted by molar-refractivity contribution is -0.140. The summed E-state index contributed by atoms with van der Waals surface area (Å²) >= 11 is 0.886. The highest BCUT2D eigenvalue weighted by Gasteiger charge is 2.38. The van der Waals surface area contributed by atoms with Gasteiger partial charge in [-0.1, -0.05) is 29.5 Å². The van der Waals surface area contributed by atoms with Crippen LogP contribution in [0.4, 0.5) is 28.4 Å². The van der Waals surface area contributed by atoms with Gasteiger partial charge in [-0.15, -0.1) is 0 Å². The van der Waals surface area contributed by atoms with Crippen molar-refractivity contribution in [2.45, 2.75) is 20.0 Å². The molecule has 3 rings (SSSR count). The van der Waals surface area contributed by atoms with Gasteiger partial charge in [-0.3, -0.25) is 0 Å². The molecule has 0 saturated carbocycles. The van der Waals surface area contributed by atoms with E-state index in [4.69, 9.17) is 0 Å². The molecule has 3 aromatic rings. The van der Waals surface area contributed by atoms with Gasteiger partial charge in [0.15, 0.2) is 10.8 Å². The average Bonchev–Trinajstić information content (AvgIpc) is 2.96. The number of hydrogen-bond acceptors (Lipinski definition) is 3. The number of nitrogens with zero attached hydrogens (tertiary/aromatic N) is 1. The first kappa shape index (κ1) is 17.4. The Labute approximate surface area is 146 Å². The van der Waals surface area contributed by atoms with E-state index in [0.717, 1.165) is 34.6 Å². The van der Waals surface area contributed by atoms with E-state index in [1.54, 1.807) is 6.07 Å². The van der Waals surface area contributed by atoms with Crippen LogP contribution in [-0.4, -0.2) is 4.98 Å². The monoisotopic (exact) mass is 366 g/mol. The number of benzene rings is 2. The molecule has 1 aromatic heterocycles. The molecule has 0 radical (unpaired) electrons. The summed E-state index contributed by atoms with van der Waals surface area (Å²) in [4.78, 5) is 3.67. The first-order valence-electron chi connectivity index (χ1n) is 7.42. The number of aryl methyl sites for hydroxylation is 2. The van der Waals surface area contributed by atoms with Crippen molar-refractivity contribution in [3.8, 4) is 10.4 Å². The molecule has 25 heavy (non-hydrogen) atoms.